The van der Waals surface area contributed by atoms with Crippen LogP contribution in [0.5, 0.6) is 0 Å². The molecule has 202 valence electrons. The lowest BCUT2D eigenvalue weighted by Gasteiger charge is -2.24. The van der Waals surface area contributed by atoms with E-state index < -0.39 is 0 Å². The van der Waals surface area contributed by atoms with Crippen molar-refractivity contribution in [1.82, 2.24) is 0 Å². The third kappa shape index (κ3) is 3.65. The minimum absolute atomic E-state index is 0.935. The second-order valence-electron chi connectivity index (χ2n) is 11.5. The Morgan fingerprint density at radius 1 is 0.442 bits per heavy atom. The summed E-state index contributed by atoms with van der Waals surface area (Å²) in [6, 6.07) is 48.2. The number of rotatable bonds is 3. The van der Waals surface area contributed by atoms with Gasteiger partial charge in [-0.15, -0.1) is 0 Å². The topological polar surface area (TPSA) is 13.1 Å². The average Bonchev–Trinajstić information content (AvgIpc) is 3.46. The van der Waals surface area contributed by atoms with Gasteiger partial charge in [-0.05, 0) is 79.4 Å². The van der Waals surface area contributed by atoms with Gasteiger partial charge in [0.05, 0.1) is 0 Å². The quantitative estimate of drug-likeness (QED) is 0.214. The standard InChI is InChI=1S/C42H28O/c1-2-13-27(14-3-1)28-20-10-22-30-29(28)21-11-23-32(30)40-33-16-4-6-18-35(33)41(36-19-7-5-17-34(36)40)38-25-12-24-37-31-15-8-9-26-39(31)43-42(37)38/h1-6,8-18,20-26H,7,19H2. The highest BCUT2D eigenvalue weighted by Gasteiger charge is 2.24. The van der Waals surface area contributed by atoms with E-state index in [0.29, 0.717) is 0 Å². The number of hydrogen-bond acceptors (Lipinski definition) is 1. The first-order chi connectivity index (χ1) is 21.4. The van der Waals surface area contributed by atoms with Crippen LogP contribution >= 0.6 is 0 Å². The highest BCUT2D eigenvalue weighted by atomic mass is 16.3. The van der Waals surface area contributed by atoms with Gasteiger partial charge in [-0.25, -0.2) is 0 Å². The SMILES string of the molecule is C1=Cc2c(c(-c3cccc4c3oc3ccccc34)c3ccccc3c2-c2cccc3c(-c4ccccc4)cccc23)CC1. The molecule has 1 aliphatic carbocycles. The summed E-state index contributed by atoms with van der Waals surface area (Å²) in [5.74, 6) is 0. The van der Waals surface area contributed by atoms with Crippen molar-refractivity contribution in [2.24, 2.45) is 0 Å². The van der Waals surface area contributed by atoms with Crippen molar-refractivity contribution in [3.8, 4) is 33.4 Å². The van der Waals surface area contributed by atoms with Gasteiger partial charge in [0.1, 0.15) is 11.2 Å². The van der Waals surface area contributed by atoms with Crippen LogP contribution in [0.25, 0.3) is 82.9 Å². The third-order valence-corrected chi connectivity index (χ3v) is 9.16. The van der Waals surface area contributed by atoms with Gasteiger partial charge in [-0.1, -0.05) is 140 Å². The van der Waals surface area contributed by atoms with Crippen molar-refractivity contribution in [3.05, 3.63) is 151 Å². The van der Waals surface area contributed by atoms with Crippen LogP contribution < -0.4 is 0 Å². The molecule has 0 fully saturated rings. The van der Waals surface area contributed by atoms with Gasteiger partial charge in [0, 0.05) is 16.3 Å². The van der Waals surface area contributed by atoms with Gasteiger partial charge >= 0.3 is 0 Å². The molecule has 7 aromatic carbocycles. The van der Waals surface area contributed by atoms with Crippen molar-refractivity contribution in [3.63, 3.8) is 0 Å². The van der Waals surface area contributed by atoms with E-state index in [4.69, 9.17) is 4.42 Å². The summed E-state index contributed by atoms with van der Waals surface area (Å²) in [6.07, 6.45) is 6.73. The van der Waals surface area contributed by atoms with Crippen LogP contribution in [0.15, 0.2) is 144 Å². The van der Waals surface area contributed by atoms with Crippen molar-refractivity contribution >= 4 is 49.6 Å². The van der Waals surface area contributed by atoms with Crippen molar-refractivity contribution < 1.29 is 4.42 Å². The minimum Gasteiger partial charge on any atom is -0.455 e. The van der Waals surface area contributed by atoms with Crippen LogP contribution in [0.1, 0.15) is 17.5 Å². The van der Waals surface area contributed by atoms with Gasteiger partial charge in [-0.2, -0.15) is 0 Å². The van der Waals surface area contributed by atoms with Gasteiger partial charge in [0.15, 0.2) is 0 Å². The largest absolute Gasteiger partial charge is 0.455 e. The Hall–Kier alpha value is -5.40. The average molecular weight is 549 g/mol. The zero-order valence-electron chi connectivity index (χ0n) is 23.7. The number of fused-ring (bicyclic) bond motifs is 6. The van der Waals surface area contributed by atoms with Crippen LogP contribution in [-0.2, 0) is 6.42 Å². The first-order valence-electron chi connectivity index (χ1n) is 15.1. The zero-order chi connectivity index (χ0) is 28.3. The van der Waals surface area contributed by atoms with E-state index >= 15 is 0 Å². The van der Waals surface area contributed by atoms with Crippen LogP contribution in [0.2, 0.25) is 0 Å². The Labute approximate surface area is 250 Å². The molecule has 0 aliphatic heterocycles. The summed E-state index contributed by atoms with van der Waals surface area (Å²) >= 11 is 0. The third-order valence-electron chi connectivity index (χ3n) is 9.16. The molecule has 1 aromatic heterocycles. The highest BCUT2D eigenvalue weighted by Crippen LogP contribution is 2.48. The van der Waals surface area contributed by atoms with Crippen LogP contribution in [-0.4, -0.2) is 0 Å². The molecule has 0 atom stereocenters. The molecule has 1 aliphatic rings. The first-order valence-corrected chi connectivity index (χ1v) is 15.1. The number of hydrogen-bond donors (Lipinski definition) is 0. The number of para-hydroxylation sites is 2. The monoisotopic (exact) mass is 548 g/mol. The second kappa shape index (κ2) is 9.58. The molecule has 0 bridgehead atoms. The van der Waals surface area contributed by atoms with Crippen LogP contribution in [0.4, 0.5) is 0 Å². The molecule has 0 amide bonds. The Balaban J connectivity index is 1.39. The van der Waals surface area contributed by atoms with E-state index in [2.05, 4.69) is 146 Å². The lowest BCUT2D eigenvalue weighted by molar-refractivity contribution is 0.670. The molecule has 0 spiro atoms. The number of furan rings is 1. The van der Waals surface area contributed by atoms with Crippen LogP contribution in [0, 0.1) is 0 Å². The minimum atomic E-state index is 0.935. The number of benzene rings is 7. The predicted molar refractivity (Wildman–Crippen MR) is 182 cm³/mol. The molecular formula is C42H28O. The predicted octanol–water partition coefficient (Wildman–Crippen LogP) is 11.9. The fourth-order valence-electron chi connectivity index (χ4n) is 7.32. The van der Waals surface area contributed by atoms with E-state index in [-0.39, 0.29) is 0 Å². The molecular weight excluding hydrogens is 520 g/mol. The summed E-state index contributed by atoms with van der Waals surface area (Å²) in [6.45, 7) is 0. The maximum absolute atomic E-state index is 6.59. The summed E-state index contributed by atoms with van der Waals surface area (Å²) in [5.41, 5.74) is 12.2. The number of allylic oxidation sites excluding steroid dienone is 1. The molecule has 43 heavy (non-hydrogen) atoms. The van der Waals surface area contributed by atoms with Gasteiger partial charge in [0.2, 0.25) is 0 Å². The van der Waals surface area contributed by atoms with Gasteiger partial charge < -0.3 is 4.42 Å². The van der Waals surface area contributed by atoms with Crippen molar-refractivity contribution in [1.29, 1.82) is 0 Å². The maximum Gasteiger partial charge on any atom is 0.143 e. The molecule has 0 radical (unpaired) electrons. The van der Waals surface area contributed by atoms with E-state index in [1.54, 1.807) is 0 Å². The van der Waals surface area contributed by atoms with E-state index in [1.807, 2.05) is 0 Å². The van der Waals surface area contributed by atoms with E-state index in [9.17, 15) is 0 Å². The molecule has 1 nitrogen and oxygen atoms in total. The Kier molecular flexibility index (Phi) is 5.39. The Bertz CT molecular complexity index is 2390. The molecule has 9 rings (SSSR count). The van der Waals surface area contributed by atoms with Gasteiger partial charge in [0.25, 0.3) is 0 Å². The lowest BCUT2D eigenvalue weighted by Crippen LogP contribution is -2.03. The molecule has 1 heteroatoms. The normalized spacial score (nSPS) is 12.8. The van der Waals surface area contributed by atoms with E-state index in [0.717, 1.165) is 24.0 Å². The second-order valence-corrected chi connectivity index (χ2v) is 11.5. The molecule has 1 heterocycles. The van der Waals surface area contributed by atoms with Crippen molar-refractivity contribution in [2.45, 2.75) is 12.8 Å². The molecule has 0 unspecified atom stereocenters. The zero-order valence-corrected chi connectivity index (χ0v) is 23.7. The fraction of sp³-hybridized carbons (Fsp3) is 0.0476. The van der Waals surface area contributed by atoms with Crippen molar-refractivity contribution in [2.75, 3.05) is 0 Å². The fourth-order valence-corrected chi connectivity index (χ4v) is 7.32. The summed E-state index contributed by atoms with van der Waals surface area (Å²) in [5, 5.41) is 7.44. The van der Waals surface area contributed by atoms with E-state index in [1.165, 1.54) is 76.8 Å². The lowest BCUT2D eigenvalue weighted by atomic mass is 9.79. The summed E-state index contributed by atoms with van der Waals surface area (Å²) < 4.78 is 6.59. The highest BCUT2D eigenvalue weighted by molar-refractivity contribution is 6.18. The van der Waals surface area contributed by atoms with Gasteiger partial charge in [-0.3, -0.25) is 0 Å². The first kappa shape index (κ1) is 24.2. The maximum atomic E-state index is 6.59. The smallest absolute Gasteiger partial charge is 0.143 e. The molecule has 0 N–H and O–H groups in total. The summed E-state index contributed by atoms with van der Waals surface area (Å²) in [4.78, 5) is 0. The van der Waals surface area contributed by atoms with Crippen LogP contribution in [0.3, 0.4) is 0 Å². The molecule has 0 saturated carbocycles. The Morgan fingerprint density at radius 3 is 1.86 bits per heavy atom. The molecule has 8 aromatic rings. The molecule has 0 saturated heterocycles. The Morgan fingerprint density at radius 2 is 1.05 bits per heavy atom. The summed E-state index contributed by atoms with van der Waals surface area (Å²) in [7, 11) is 0.